The van der Waals surface area contributed by atoms with Crippen molar-refractivity contribution < 1.29 is 9.59 Å². The van der Waals surface area contributed by atoms with Crippen LogP contribution in [0.15, 0.2) is 4.99 Å². The van der Waals surface area contributed by atoms with Crippen molar-refractivity contribution in [2.24, 2.45) is 10.7 Å². The lowest BCUT2D eigenvalue weighted by atomic mass is 10.1. The van der Waals surface area contributed by atoms with Crippen molar-refractivity contribution >= 4 is 29.4 Å². The predicted octanol–water partition coefficient (Wildman–Crippen LogP) is 0.680. The molecule has 5 nitrogen and oxygen atoms in total. The first-order valence-corrected chi connectivity index (χ1v) is 6.50. The summed E-state index contributed by atoms with van der Waals surface area (Å²) in [5.74, 6) is 0.678. The first-order chi connectivity index (χ1) is 7.66. The van der Waals surface area contributed by atoms with E-state index in [0.717, 1.165) is 30.7 Å². The van der Waals surface area contributed by atoms with Crippen LogP contribution in [0.4, 0.5) is 4.79 Å². The molecule has 2 rings (SSSR count). The van der Waals surface area contributed by atoms with Crippen LogP contribution in [0.3, 0.4) is 0 Å². The van der Waals surface area contributed by atoms with Gasteiger partial charge in [0.15, 0.2) is 0 Å². The third-order valence-electron chi connectivity index (χ3n) is 2.82. The second-order valence-corrected chi connectivity index (χ2v) is 5.31. The number of nitrogens with two attached hydrogens (primary N) is 1. The van der Waals surface area contributed by atoms with Crippen LogP contribution < -0.4 is 11.1 Å². The van der Waals surface area contributed by atoms with E-state index in [9.17, 15) is 9.59 Å². The van der Waals surface area contributed by atoms with Crippen molar-refractivity contribution in [1.82, 2.24) is 5.32 Å². The van der Waals surface area contributed by atoms with Crippen molar-refractivity contribution in [3.8, 4) is 0 Å². The third kappa shape index (κ3) is 2.55. The van der Waals surface area contributed by atoms with Crippen LogP contribution in [0, 0.1) is 0 Å². The molecule has 2 heterocycles. The number of unbranched alkanes of at least 4 members (excludes halogenated alkanes) is 1. The number of primary amides is 1. The molecule has 88 valence electrons. The summed E-state index contributed by atoms with van der Waals surface area (Å²) in [5.41, 5.74) is 6.06. The van der Waals surface area contributed by atoms with Crippen molar-refractivity contribution in [2.45, 2.75) is 37.0 Å². The number of carbonyl (C=O) groups is 2. The minimum Gasteiger partial charge on any atom is -0.370 e. The Bertz CT molecular complexity index is 343. The quantitative estimate of drug-likeness (QED) is 0.694. The lowest BCUT2D eigenvalue weighted by molar-refractivity contribution is -0.118. The molecular formula is C10H15N3O2S. The summed E-state index contributed by atoms with van der Waals surface area (Å²) >= 11 is 1.83. The van der Waals surface area contributed by atoms with E-state index in [-0.39, 0.29) is 18.0 Å². The van der Waals surface area contributed by atoms with Gasteiger partial charge in [0.2, 0.25) is 5.91 Å². The molecule has 3 N–H and O–H groups in total. The number of urea groups is 1. The normalized spacial score (nSPS) is 27.5. The van der Waals surface area contributed by atoms with Gasteiger partial charge in [-0.2, -0.15) is 4.99 Å². The number of carbonyl (C=O) groups excluding carboxylic acids is 2. The summed E-state index contributed by atoms with van der Waals surface area (Å²) in [7, 11) is 0. The highest BCUT2D eigenvalue weighted by molar-refractivity contribution is 8.01. The maximum atomic E-state index is 11.1. The molecule has 2 aliphatic rings. The molecule has 2 atom stereocenters. The van der Waals surface area contributed by atoms with E-state index >= 15 is 0 Å². The summed E-state index contributed by atoms with van der Waals surface area (Å²) in [5, 5.41) is 3.16. The first kappa shape index (κ1) is 11.4. The minimum atomic E-state index is -0.244. The average Bonchev–Trinajstić information content (AvgIpc) is 2.72. The van der Waals surface area contributed by atoms with E-state index in [4.69, 9.17) is 5.73 Å². The second-order valence-electron chi connectivity index (χ2n) is 4.07. The van der Waals surface area contributed by atoms with Gasteiger partial charge in [-0.15, -0.1) is 11.8 Å². The predicted molar refractivity (Wildman–Crippen MR) is 63.7 cm³/mol. The molecule has 0 radical (unpaired) electrons. The fourth-order valence-corrected chi connectivity index (χ4v) is 3.43. The SMILES string of the molecule is NC(=O)CCCCC1SCC2NC(=O)N=C21. The Kier molecular flexibility index (Phi) is 3.48. The molecule has 6 heteroatoms. The molecule has 3 amide bonds. The van der Waals surface area contributed by atoms with E-state index in [2.05, 4.69) is 10.3 Å². The van der Waals surface area contributed by atoms with Gasteiger partial charge in [0, 0.05) is 17.4 Å². The van der Waals surface area contributed by atoms with Gasteiger partial charge < -0.3 is 11.1 Å². The van der Waals surface area contributed by atoms with Gasteiger partial charge in [-0.1, -0.05) is 6.42 Å². The topological polar surface area (TPSA) is 84.5 Å². The van der Waals surface area contributed by atoms with Crippen molar-refractivity contribution in [2.75, 3.05) is 5.75 Å². The van der Waals surface area contributed by atoms with Gasteiger partial charge in [0.05, 0.1) is 11.8 Å². The Hall–Kier alpha value is -1.04. The standard InChI is InChI=1S/C10H15N3O2S/c11-8(14)4-2-1-3-7-9-6(5-16-7)12-10(15)13-9/h6-7H,1-5H2,(H2,11,14)(H,12,15). The molecule has 0 spiro atoms. The number of aliphatic imine (C=N–C) groups is 1. The summed E-state index contributed by atoms with van der Waals surface area (Å²) < 4.78 is 0. The molecule has 2 unspecified atom stereocenters. The highest BCUT2D eigenvalue weighted by atomic mass is 32.2. The molecule has 2 aliphatic heterocycles. The number of fused-ring (bicyclic) bond motifs is 1. The van der Waals surface area contributed by atoms with Gasteiger partial charge in [-0.05, 0) is 12.8 Å². The van der Waals surface area contributed by atoms with Gasteiger partial charge >= 0.3 is 6.03 Å². The van der Waals surface area contributed by atoms with Crippen molar-refractivity contribution in [3.05, 3.63) is 0 Å². The Labute approximate surface area is 98.2 Å². The van der Waals surface area contributed by atoms with Crippen LogP contribution in [0.25, 0.3) is 0 Å². The third-order valence-corrected chi connectivity index (χ3v) is 4.22. The van der Waals surface area contributed by atoms with Gasteiger partial charge in [-0.3, -0.25) is 4.79 Å². The maximum absolute atomic E-state index is 11.1. The van der Waals surface area contributed by atoms with Crippen LogP contribution in [-0.2, 0) is 4.79 Å². The number of hydrogen-bond donors (Lipinski definition) is 2. The average molecular weight is 241 g/mol. The molecule has 1 fully saturated rings. The van der Waals surface area contributed by atoms with Crippen LogP contribution >= 0.6 is 11.8 Å². The minimum absolute atomic E-state index is 0.152. The van der Waals surface area contributed by atoms with E-state index in [1.54, 1.807) is 0 Å². The van der Waals surface area contributed by atoms with Gasteiger partial charge in [0.25, 0.3) is 0 Å². The van der Waals surface area contributed by atoms with E-state index in [0.29, 0.717) is 11.7 Å². The number of hydrogen-bond acceptors (Lipinski definition) is 3. The van der Waals surface area contributed by atoms with Crippen LogP contribution in [-0.4, -0.2) is 34.7 Å². The Balaban J connectivity index is 1.76. The lowest BCUT2D eigenvalue weighted by Gasteiger charge is -2.08. The first-order valence-electron chi connectivity index (χ1n) is 5.45. The number of amides is 3. The Morgan fingerprint density at radius 3 is 3.12 bits per heavy atom. The summed E-state index contributed by atoms with van der Waals surface area (Å²) in [6, 6.07) is -0.0546. The largest absolute Gasteiger partial charge is 0.370 e. The number of thioether (sulfide) groups is 1. The van der Waals surface area contributed by atoms with Gasteiger partial charge in [-0.25, -0.2) is 4.79 Å². The molecule has 0 aromatic rings. The number of nitrogens with one attached hydrogen (secondary N) is 1. The highest BCUT2D eigenvalue weighted by Crippen LogP contribution is 2.31. The smallest absolute Gasteiger partial charge is 0.341 e. The van der Waals surface area contributed by atoms with Gasteiger partial charge in [0.1, 0.15) is 0 Å². The molecular weight excluding hydrogens is 226 g/mol. The Morgan fingerprint density at radius 1 is 1.56 bits per heavy atom. The molecule has 0 aliphatic carbocycles. The van der Waals surface area contributed by atoms with Crippen molar-refractivity contribution in [1.29, 1.82) is 0 Å². The zero-order valence-corrected chi connectivity index (χ0v) is 9.76. The molecule has 0 saturated carbocycles. The summed E-state index contributed by atoms with van der Waals surface area (Å²) in [6.07, 6.45) is 3.21. The van der Waals surface area contributed by atoms with E-state index in [1.807, 2.05) is 11.8 Å². The highest BCUT2D eigenvalue weighted by Gasteiger charge is 2.37. The van der Waals surface area contributed by atoms with Crippen molar-refractivity contribution in [3.63, 3.8) is 0 Å². The zero-order valence-electron chi connectivity index (χ0n) is 8.94. The molecule has 0 bridgehead atoms. The molecule has 0 aromatic carbocycles. The maximum Gasteiger partial charge on any atom is 0.341 e. The Morgan fingerprint density at radius 2 is 2.38 bits per heavy atom. The number of rotatable bonds is 5. The van der Waals surface area contributed by atoms with Crippen LogP contribution in [0.5, 0.6) is 0 Å². The second kappa shape index (κ2) is 4.86. The fourth-order valence-electron chi connectivity index (χ4n) is 2.03. The molecule has 16 heavy (non-hydrogen) atoms. The van der Waals surface area contributed by atoms with E-state index < -0.39 is 0 Å². The lowest BCUT2D eigenvalue weighted by Crippen LogP contribution is -2.32. The van der Waals surface area contributed by atoms with E-state index in [1.165, 1.54) is 0 Å². The molecule has 0 aromatic heterocycles. The zero-order chi connectivity index (χ0) is 11.5. The molecule has 1 saturated heterocycles. The monoisotopic (exact) mass is 241 g/mol. The number of nitrogens with zero attached hydrogens (tertiary/aromatic N) is 1. The summed E-state index contributed by atoms with van der Waals surface area (Å²) in [4.78, 5) is 25.6. The van der Waals surface area contributed by atoms with Crippen LogP contribution in [0.1, 0.15) is 25.7 Å². The fraction of sp³-hybridized carbons (Fsp3) is 0.700. The summed E-state index contributed by atoms with van der Waals surface area (Å²) in [6.45, 7) is 0. The van der Waals surface area contributed by atoms with Crippen LogP contribution in [0.2, 0.25) is 0 Å².